The van der Waals surface area contributed by atoms with Crippen molar-refractivity contribution in [2.75, 3.05) is 13.1 Å². The summed E-state index contributed by atoms with van der Waals surface area (Å²) >= 11 is 0. The normalized spacial score (nSPS) is 56.7. The molecule has 0 aliphatic carbocycles. The lowest BCUT2D eigenvalue weighted by Crippen LogP contribution is -2.75. The van der Waals surface area contributed by atoms with Gasteiger partial charge < -0.3 is 5.32 Å². The molecule has 3 aliphatic rings. The average molecular weight is 126 g/mol. The molecule has 0 aromatic rings. The van der Waals surface area contributed by atoms with Gasteiger partial charge in [0.1, 0.15) is 0 Å². The smallest absolute Gasteiger partial charge is 0.0375 e. The Morgan fingerprint density at radius 3 is 2.22 bits per heavy atom. The highest BCUT2D eigenvalue weighted by Crippen LogP contribution is 2.27. The Labute approximate surface area is 56.2 Å². The molecule has 3 fully saturated rings. The third-order valence-electron chi connectivity index (χ3n) is 2.84. The maximum Gasteiger partial charge on any atom is 0.0375 e. The second kappa shape index (κ2) is 1.70. The molecule has 3 heterocycles. The molecular formula is C7H14N2. The fourth-order valence-corrected chi connectivity index (χ4v) is 2.19. The van der Waals surface area contributed by atoms with Crippen LogP contribution in [0.1, 0.15) is 13.8 Å². The average Bonchev–Trinajstić information content (AvgIpc) is 1.91. The van der Waals surface area contributed by atoms with Crippen LogP contribution < -0.4 is 5.32 Å². The molecule has 2 bridgehead atoms. The van der Waals surface area contributed by atoms with Crippen molar-refractivity contribution in [3.8, 4) is 0 Å². The van der Waals surface area contributed by atoms with Crippen molar-refractivity contribution in [2.24, 2.45) is 0 Å². The number of hydrogen-bond donors (Lipinski definition) is 1. The zero-order valence-corrected chi connectivity index (χ0v) is 6.09. The maximum atomic E-state index is 3.51. The summed E-state index contributed by atoms with van der Waals surface area (Å²) in [6.07, 6.45) is 0. The fraction of sp³-hybridized carbons (Fsp3) is 1.00. The highest BCUT2D eigenvalue weighted by atomic mass is 15.3. The number of nitrogens with one attached hydrogen (secondary N) is 1. The van der Waals surface area contributed by atoms with Crippen LogP contribution in [0.2, 0.25) is 0 Å². The van der Waals surface area contributed by atoms with Crippen molar-refractivity contribution >= 4 is 0 Å². The van der Waals surface area contributed by atoms with Gasteiger partial charge in [-0.2, -0.15) is 0 Å². The SMILES string of the molecule is CC1C2NCCN1C2C. The summed E-state index contributed by atoms with van der Waals surface area (Å²) < 4.78 is 0. The van der Waals surface area contributed by atoms with E-state index >= 15 is 0 Å². The minimum absolute atomic E-state index is 0.791. The molecule has 2 atom stereocenters. The summed E-state index contributed by atoms with van der Waals surface area (Å²) in [5.74, 6) is 0. The molecule has 0 amide bonds. The Morgan fingerprint density at radius 2 is 2.00 bits per heavy atom. The van der Waals surface area contributed by atoms with Gasteiger partial charge in [-0.1, -0.05) is 0 Å². The van der Waals surface area contributed by atoms with Crippen molar-refractivity contribution < 1.29 is 0 Å². The molecule has 3 aliphatic heterocycles. The molecule has 1 N–H and O–H groups in total. The predicted octanol–water partition coefficient (Wildman–Crippen LogP) is 0.0508. The molecule has 3 rings (SSSR count). The van der Waals surface area contributed by atoms with Crippen LogP contribution in [0.25, 0.3) is 0 Å². The van der Waals surface area contributed by atoms with E-state index < -0.39 is 0 Å². The maximum absolute atomic E-state index is 3.51. The number of piperazine rings is 2. The first-order valence-corrected chi connectivity index (χ1v) is 3.80. The molecular weight excluding hydrogens is 112 g/mol. The van der Waals surface area contributed by atoms with Crippen LogP contribution >= 0.6 is 0 Å². The van der Waals surface area contributed by atoms with Crippen molar-refractivity contribution in [3.05, 3.63) is 0 Å². The van der Waals surface area contributed by atoms with Crippen molar-refractivity contribution in [1.82, 2.24) is 10.2 Å². The van der Waals surface area contributed by atoms with Crippen LogP contribution in [0, 0.1) is 0 Å². The number of fused-ring (bicyclic) bond motifs is 2. The highest BCUT2D eigenvalue weighted by molar-refractivity contribution is 5.04. The van der Waals surface area contributed by atoms with E-state index in [-0.39, 0.29) is 0 Å². The minimum atomic E-state index is 0.791. The largest absolute Gasteiger partial charge is 0.310 e. The summed E-state index contributed by atoms with van der Waals surface area (Å²) in [5, 5.41) is 3.51. The fourth-order valence-electron chi connectivity index (χ4n) is 2.19. The molecule has 3 saturated heterocycles. The van der Waals surface area contributed by atoms with E-state index in [0.717, 1.165) is 18.1 Å². The Morgan fingerprint density at radius 1 is 1.33 bits per heavy atom. The topological polar surface area (TPSA) is 15.3 Å². The predicted molar refractivity (Wildman–Crippen MR) is 37.4 cm³/mol. The van der Waals surface area contributed by atoms with Gasteiger partial charge in [0.15, 0.2) is 0 Å². The number of hydrogen-bond acceptors (Lipinski definition) is 2. The molecule has 0 saturated carbocycles. The van der Waals surface area contributed by atoms with E-state index in [1.165, 1.54) is 13.1 Å². The third-order valence-corrected chi connectivity index (χ3v) is 2.84. The number of nitrogens with zero attached hydrogens (tertiary/aromatic N) is 1. The van der Waals surface area contributed by atoms with Gasteiger partial charge >= 0.3 is 0 Å². The molecule has 2 heteroatoms. The third kappa shape index (κ3) is 0.578. The summed E-state index contributed by atoms with van der Waals surface area (Å²) in [4.78, 5) is 2.56. The van der Waals surface area contributed by atoms with Gasteiger partial charge in [0.05, 0.1) is 0 Å². The van der Waals surface area contributed by atoms with E-state index in [1.807, 2.05) is 0 Å². The molecule has 9 heavy (non-hydrogen) atoms. The van der Waals surface area contributed by atoms with Crippen LogP contribution in [0.5, 0.6) is 0 Å². The van der Waals surface area contributed by atoms with E-state index in [1.54, 1.807) is 0 Å². The van der Waals surface area contributed by atoms with Crippen LogP contribution in [0.3, 0.4) is 0 Å². The van der Waals surface area contributed by atoms with E-state index in [0.29, 0.717) is 0 Å². The van der Waals surface area contributed by atoms with Gasteiger partial charge in [-0.15, -0.1) is 0 Å². The molecule has 0 radical (unpaired) electrons. The Bertz CT molecular complexity index is 102. The van der Waals surface area contributed by atoms with Gasteiger partial charge in [0, 0.05) is 31.2 Å². The van der Waals surface area contributed by atoms with Crippen molar-refractivity contribution in [2.45, 2.75) is 32.0 Å². The first-order valence-electron chi connectivity index (χ1n) is 3.80. The molecule has 0 aromatic heterocycles. The van der Waals surface area contributed by atoms with Gasteiger partial charge in [-0.25, -0.2) is 0 Å². The Hall–Kier alpha value is -0.0800. The second-order valence-corrected chi connectivity index (χ2v) is 3.20. The Kier molecular flexibility index (Phi) is 1.08. The lowest BCUT2D eigenvalue weighted by molar-refractivity contribution is -0.0398. The standard InChI is InChI=1S/C7H14N2/c1-5-7-6(2)9(5)4-3-8-7/h5-8H,3-4H2,1-2H3. The summed E-state index contributed by atoms with van der Waals surface area (Å²) in [7, 11) is 0. The second-order valence-electron chi connectivity index (χ2n) is 3.20. The van der Waals surface area contributed by atoms with Crippen LogP contribution in [-0.4, -0.2) is 36.1 Å². The van der Waals surface area contributed by atoms with Gasteiger partial charge in [0.2, 0.25) is 0 Å². The minimum Gasteiger partial charge on any atom is -0.310 e. The zero-order chi connectivity index (χ0) is 6.43. The highest BCUT2D eigenvalue weighted by Gasteiger charge is 2.44. The summed E-state index contributed by atoms with van der Waals surface area (Å²) in [6.45, 7) is 7.05. The van der Waals surface area contributed by atoms with Crippen molar-refractivity contribution in [1.29, 1.82) is 0 Å². The lowest BCUT2D eigenvalue weighted by atomic mass is 9.86. The van der Waals surface area contributed by atoms with Crippen LogP contribution in [0.15, 0.2) is 0 Å². The molecule has 2 unspecified atom stereocenters. The molecule has 0 spiro atoms. The van der Waals surface area contributed by atoms with Crippen LogP contribution in [-0.2, 0) is 0 Å². The molecule has 52 valence electrons. The monoisotopic (exact) mass is 126 g/mol. The van der Waals surface area contributed by atoms with E-state index in [9.17, 15) is 0 Å². The van der Waals surface area contributed by atoms with E-state index in [4.69, 9.17) is 0 Å². The number of rotatable bonds is 0. The zero-order valence-electron chi connectivity index (χ0n) is 6.09. The summed E-state index contributed by atoms with van der Waals surface area (Å²) in [5.41, 5.74) is 0. The molecule has 0 aromatic carbocycles. The first-order chi connectivity index (χ1) is 4.30. The first kappa shape index (κ1) is 5.69. The lowest BCUT2D eigenvalue weighted by Gasteiger charge is -2.57. The molecule has 2 nitrogen and oxygen atoms in total. The quantitative estimate of drug-likeness (QED) is 0.493. The Balaban J connectivity index is 2.08. The summed E-state index contributed by atoms with van der Waals surface area (Å²) in [6, 6.07) is 2.39. The van der Waals surface area contributed by atoms with Gasteiger partial charge in [-0.05, 0) is 13.8 Å². The van der Waals surface area contributed by atoms with Gasteiger partial charge in [-0.3, -0.25) is 4.90 Å². The van der Waals surface area contributed by atoms with Gasteiger partial charge in [0.25, 0.3) is 0 Å². The van der Waals surface area contributed by atoms with Crippen molar-refractivity contribution in [3.63, 3.8) is 0 Å². The van der Waals surface area contributed by atoms with E-state index in [2.05, 4.69) is 24.1 Å². The van der Waals surface area contributed by atoms with Crippen LogP contribution in [0.4, 0.5) is 0 Å².